The average molecular weight is 323 g/mol. The Kier molecular flexibility index (Phi) is 5.95. The van der Waals surface area contributed by atoms with Crippen molar-refractivity contribution >= 4 is 5.78 Å². The summed E-state index contributed by atoms with van der Waals surface area (Å²) in [5.74, 6) is 0.267. The Hall–Kier alpha value is -1.93. The van der Waals surface area contributed by atoms with Gasteiger partial charge in [0.15, 0.2) is 5.78 Å². The monoisotopic (exact) mass is 323 g/mol. The predicted octanol–water partition coefficient (Wildman–Crippen LogP) is 4.88. The molecule has 0 amide bonds. The van der Waals surface area contributed by atoms with E-state index in [9.17, 15) is 4.79 Å². The smallest absolute Gasteiger partial charge is 0.155 e. The molecular formula is C22H29NO. The Bertz CT molecular complexity index is 651. The minimum absolute atomic E-state index is 0.146. The number of carbonyl (C=O) groups excluding carboxylic acids is 1. The molecule has 0 aliphatic rings. The van der Waals surface area contributed by atoms with Crippen molar-refractivity contribution in [1.82, 2.24) is 5.32 Å². The molecule has 2 rings (SSSR count). The van der Waals surface area contributed by atoms with E-state index in [1.165, 1.54) is 16.7 Å². The maximum absolute atomic E-state index is 12.7. The van der Waals surface area contributed by atoms with Gasteiger partial charge in [-0.2, -0.15) is 0 Å². The highest BCUT2D eigenvalue weighted by Gasteiger charge is 2.29. The number of hydrogen-bond acceptors (Lipinski definition) is 2. The second kappa shape index (κ2) is 7.76. The molecule has 2 aromatic carbocycles. The summed E-state index contributed by atoms with van der Waals surface area (Å²) in [4.78, 5) is 12.7. The first kappa shape index (κ1) is 18.4. The molecule has 0 saturated heterocycles. The van der Waals surface area contributed by atoms with Gasteiger partial charge in [-0.1, -0.05) is 89.2 Å². The lowest BCUT2D eigenvalue weighted by Gasteiger charge is -2.27. The van der Waals surface area contributed by atoms with Crippen molar-refractivity contribution in [2.24, 2.45) is 5.41 Å². The van der Waals surface area contributed by atoms with Crippen LogP contribution in [0.4, 0.5) is 0 Å². The summed E-state index contributed by atoms with van der Waals surface area (Å²) in [7, 11) is 0. The third kappa shape index (κ3) is 5.04. The molecule has 0 saturated carbocycles. The van der Waals surface area contributed by atoms with Crippen molar-refractivity contribution in [1.29, 1.82) is 0 Å². The lowest BCUT2D eigenvalue weighted by atomic mass is 9.84. The van der Waals surface area contributed by atoms with Crippen LogP contribution >= 0.6 is 0 Å². The van der Waals surface area contributed by atoms with Gasteiger partial charge in [-0.15, -0.1) is 0 Å². The molecule has 0 radical (unpaired) electrons. The van der Waals surface area contributed by atoms with Crippen LogP contribution in [0.2, 0.25) is 0 Å². The fraction of sp³-hybridized carbons (Fsp3) is 0.409. The van der Waals surface area contributed by atoms with E-state index in [2.05, 4.69) is 55.6 Å². The summed E-state index contributed by atoms with van der Waals surface area (Å²) in [6, 6.07) is 19.0. The van der Waals surface area contributed by atoms with Crippen LogP contribution in [0.15, 0.2) is 54.6 Å². The van der Waals surface area contributed by atoms with Gasteiger partial charge in [0.1, 0.15) is 0 Å². The van der Waals surface area contributed by atoms with E-state index in [4.69, 9.17) is 0 Å². The lowest BCUT2D eigenvalue weighted by Crippen LogP contribution is -2.47. The van der Waals surface area contributed by atoms with Gasteiger partial charge in [0.05, 0.1) is 6.04 Å². The average Bonchev–Trinajstić information content (AvgIpc) is 2.54. The van der Waals surface area contributed by atoms with Crippen LogP contribution in [-0.2, 0) is 11.2 Å². The van der Waals surface area contributed by atoms with Crippen molar-refractivity contribution in [2.45, 2.75) is 53.1 Å². The van der Waals surface area contributed by atoms with E-state index in [-0.39, 0.29) is 23.3 Å². The highest BCUT2D eigenvalue weighted by Crippen LogP contribution is 2.22. The highest BCUT2D eigenvalue weighted by molar-refractivity contribution is 5.89. The number of nitrogens with one attached hydrogen (secondary N) is 1. The van der Waals surface area contributed by atoms with Crippen molar-refractivity contribution < 1.29 is 4.79 Å². The van der Waals surface area contributed by atoms with Crippen molar-refractivity contribution in [3.63, 3.8) is 0 Å². The molecule has 0 fully saturated rings. The van der Waals surface area contributed by atoms with Crippen LogP contribution < -0.4 is 5.32 Å². The highest BCUT2D eigenvalue weighted by atomic mass is 16.1. The first-order chi connectivity index (χ1) is 11.3. The quantitative estimate of drug-likeness (QED) is 0.821. The molecule has 24 heavy (non-hydrogen) atoms. The predicted molar refractivity (Wildman–Crippen MR) is 102 cm³/mol. The van der Waals surface area contributed by atoms with Crippen molar-refractivity contribution in [2.75, 3.05) is 0 Å². The van der Waals surface area contributed by atoms with Gasteiger partial charge >= 0.3 is 0 Å². The molecule has 0 aliphatic carbocycles. The number of benzene rings is 2. The topological polar surface area (TPSA) is 29.1 Å². The number of hydrogen-bond donors (Lipinski definition) is 1. The minimum atomic E-state index is -0.337. The van der Waals surface area contributed by atoms with Crippen molar-refractivity contribution in [3.8, 4) is 11.1 Å². The van der Waals surface area contributed by atoms with Crippen LogP contribution in [0.3, 0.4) is 0 Å². The van der Waals surface area contributed by atoms with Crippen LogP contribution in [-0.4, -0.2) is 17.9 Å². The second-order valence-corrected chi connectivity index (χ2v) is 7.76. The van der Waals surface area contributed by atoms with Gasteiger partial charge in [0.25, 0.3) is 0 Å². The largest absolute Gasteiger partial charge is 0.305 e. The van der Waals surface area contributed by atoms with Gasteiger partial charge in [-0.25, -0.2) is 0 Å². The first-order valence-electron chi connectivity index (χ1n) is 8.72. The molecule has 1 atom stereocenters. The molecule has 0 aromatic heterocycles. The zero-order valence-electron chi connectivity index (χ0n) is 15.5. The fourth-order valence-electron chi connectivity index (χ4n) is 2.85. The van der Waals surface area contributed by atoms with Crippen LogP contribution in [0, 0.1) is 5.41 Å². The maximum Gasteiger partial charge on any atom is 0.155 e. The number of rotatable bonds is 6. The molecule has 2 heteroatoms. The van der Waals surface area contributed by atoms with Crippen molar-refractivity contribution in [3.05, 3.63) is 60.2 Å². The molecule has 0 heterocycles. The Balaban J connectivity index is 2.16. The molecule has 0 aliphatic heterocycles. The summed E-state index contributed by atoms with van der Waals surface area (Å²) in [6.07, 6.45) is 0.726. The van der Waals surface area contributed by atoms with E-state index in [1.807, 2.05) is 39.0 Å². The third-order valence-corrected chi connectivity index (χ3v) is 4.09. The molecular weight excluding hydrogens is 294 g/mol. The number of Topliss-reactive ketones (excluding diaryl/α,β-unsaturated/α-hetero) is 1. The summed E-state index contributed by atoms with van der Waals surface area (Å²) in [6.45, 7) is 10.1. The normalized spacial score (nSPS) is 13.1. The zero-order valence-corrected chi connectivity index (χ0v) is 15.5. The van der Waals surface area contributed by atoms with E-state index >= 15 is 0 Å². The summed E-state index contributed by atoms with van der Waals surface area (Å²) >= 11 is 0. The fourth-order valence-corrected chi connectivity index (χ4v) is 2.85. The molecule has 0 spiro atoms. The Morgan fingerprint density at radius 3 is 1.96 bits per heavy atom. The van der Waals surface area contributed by atoms with Gasteiger partial charge in [0, 0.05) is 11.5 Å². The third-order valence-electron chi connectivity index (χ3n) is 4.09. The Morgan fingerprint density at radius 1 is 0.917 bits per heavy atom. The zero-order chi connectivity index (χ0) is 17.7. The SMILES string of the molecule is CC(C)N[C@@H](Cc1ccc(-c2ccccc2)cc1)C(=O)C(C)(C)C. The van der Waals surface area contributed by atoms with Gasteiger partial charge in [0.2, 0.25) is 0 Å². The van der Waals surface area contributed by atoms with E-state index < -0.39 is 0 Å². The van der Waals surface area contributed by atoms with Gasteiger partial charge < -0.3 is 5.32 Å². The van der Waals surface area contributed by atoms with E-state index in [0.717, 1.165) is 6.42 Å². The van der Waals surface area contributed by atoms with E-state index in [0.29, 0.717) is 0 Å². The molecule has 0 unspecified atom stereocenters. The van der Waals surface area contributed by atoms with Crippen LogP contribution in [0.1, 0.15) is 40.2 Å². The molecule has 128 valence electrons. The number of ketones is 1. The molecule has 2 aromatic rings. The standard InChI is InChI=1S/C22H29NO/c1-16(2)23-20(21(24)22(3,4)5)15-17-11-13-19(14-12-17)18-9-7-6-8-10-18/h6-14,16,20,23H,15H2,1-5H3/t20-/m0/s1. The summed E-state index contributed by atoms with van der Waals surface area (Å²) in [5, 5.41) is 3.43. The van der Waals surface area contributed by atoms with Gasteiger partial charge in [-0.05, 0) is 23.1 Å². The van der Waals surface area contributed by atoms with E-state index in [1.54, 1.807) is 0 Å². The Morgan fingerprint density at radius 2 is 1.46 bits per heavy atom. The van der Waals surface area contributed by atoms with Crippen LogP contribution in [0.25, 0.3) is 11.1 Å². The number of carbonyl (C=O) groups is 1. The minimum Gasteiger partial charge on any atom is -0.305 e. The second-order valence-electron chi connectivity index (χ2n) is 7.76. The van der Waals surface area contributed by atoms with Crippen LogP contribution in [0.5, 0.6) is 0 Å². The Labute approximate surface area is 146 Å². The maximum atomic E-state index is 12.7. The molecule has 2 nitrogen and oxygen atoms in total. The summed E-state index contributed by atoms with van der Waals surface area (Å²) < 4.78 is 0. The first-order valence-corrected chi connectivity index (χ1v) is 8.72. The molecule has 1 N–H and O–H groups in total. The lowest BCUT2D eigenvalue weighted by molar-refractivity contribution is -0.128. The summed E-state index contributed by atoms with van der Waals surface area (Å²) in [5.41, 5.74) is 3.27. The molecule has 0 bridgehead atoms. The van der Waals surface area contributed by atoms with Gasteiger partial charge in [-0.3, -0.25) is 4.79 Å².